The zero-order chi connectivity index (χ0) is 17.0. The lowest BCUT2D eigenvalue weighted by Crippen LogP contribution is -2.42. The van der Waals surface area contributed by atoms with Gasteiger partial charge in [0.1, 0.15) is 23.7 Å². The monoisotopic (exact) mass is 333 g/mol. The smallest absolute Gasteiger partial charge is 0.134 e. The number of benzene rings is 1. The number of aliphatic hydroxyl groups excluding tert-OH is 1. The van der Waals surface area contributed by atoms with E-state index < -0.39 is 11.7 Å². The van der Waals surface area contributed by atoms with Crippen molar-refractivity contribution in [3.05, 3.63) is 41.7 Å². The summed E-state index contributed by atoms with van der Waals surface area (Å²) in [5.41, 5.74) is 0.659. The number of hydrogen-bond acceptors (Lipinski definition) is 6. The summed E-state index contributed by atoms with van der Waals surface area (Å²) in [7, 11) is 0. The van der Waals surface area contributed by atoms with Crippen LogP contribution in [0.4, 0.5) is 0 Å². The number of ether oxygens (including phenoxy) is 2. The second-order valence-corrected chi connectivity index (χ2v) is 6.32. The normalized spacial score (nSPS) is 22.3. The zero-order valence-electron chi connectivity index (χ0n) is 13.8. The molecule has 1 aliphatic rings. The van der Waals surface area contributed by atoms with E-state index >= 15 is 0 Å². The van der Waals surface area contributed by atoms with Gasteiger partial charge >= 0.3 is 0 Å². The second kappa shape index (κ2) is 7.29. The maximum Gasteiger partial charge on any atom is 0.134 e. The summed E-state index contributed by atoms with van der Waals surface area (Å²) in [6.45, 7) is 3.41. The van der Waals surface area contributed by atoms with Crippen LogP contribution in [0.2, 0.25) is 0 Å². The molecule has 2 aromatic rings. The summed E-state index contributed by atoms with van der Waals surface area (Å²) >= 11 is 0. The van der Waals surface area contributed by atoms with E-state index in [0.717, 1.165) is 12.0 Å². The molecule has 1 aromatic carbocycles. The zero-order valence-corrected chi connectivity index (χ0v) is 13.8. The van der Waals surface area contributed by atoms with Gasteiger partial charge in [0.25, 0.3) is 0 Å². The third-order valence-electron chi connectivity index (χ3n) is 4.09. The van der Waals surface area contributed by atoms with Gasteiger partial charge in [-0.1, -0.05) is 17.3 Å². The fourth-order valence-corrected chi connectivity index (χ4v) is 2.75. The first kappa shape index (κ1) is 16.9. The largest absolute Gasteiger partial charge is 0.487 e. The molecule has 1 aromatic heterocycles. The fraction of sp³-hybridized carbons (Fsp3) is 0.529. The van der Waals surface area contributed by atoms with E-state index in [1.165, 1.54) is 0 Å². The first-order valence-corrected chi connectivity index (χ1v) is 8.14. The Hall–Kier alpha value is -1.96. The van der Waals surface area contributed by atoms with Gasteiger partial charge in [-0.2, -0.15) is 0 Å². The molecule has 3 rings (SSSR count). The van der Waals surface area contributed by atoms with Crippen LogP contribution < -0.4 is 4.74 Å². The molecule has 7 heteroatoms. The molecule has 24 heavy (non-hydrogen) atoms. The van der Waals surface area contributed by atoms with E-state index in [0.29, 0.717) is 44.2 Å². The predicted octanol–water partition coefficient (Wildman–Crippen LogP) is 1.45. The molecule has 2 N–H and O–H groups in total. The molecule has 1 aliphatic heterocycles. The lowest BCUT2D eigenvalue weighted by molar-refractivity contribution is -0.0960. The van der Waals surface area contributed by atoms with Gasteiger partial charge < -0.3 is 19.7 Å². The minimum absolute atomic E-state index is 0.295. The standard InChI is InChI=1S/C17H23N3O4/c1-13(21)14-3-5-16(6-4-14)24-10-15-9-20(19-18-15)11-17(22)7-2-8-23-12-17/h3-6,9,13,21-22H,2,7-8,10-12H2,1H3. The molecule has 0 saturated carbocycles. The summed E-state index contributed by atoms with van der Waals surface area (Å²) in [5, 5.41) is 28.0. The van der Waals surface area contributed by atoms with Crippen LogP contribution in [0, 0.1) is 0 Å². The van der Waals surface area contributed by atoms with E-state index in [1.807, 2.05) is 24.3 Å². The van der Waals surface area contributed by atoms with Crippen molar-refractivity contribution in [2.75, 3.05) is 13.2 Å². The number of rotatable bonds is 6. The first-order chi connectivity index (χ1) is 11.5. The van der Waals surface area contributed by atoms with Gasteiger partial charge in [-0.3, -0.25) is 0 Å². The molecule has 2 unspecified atom stereocenters. The minimum atomic E-state index is -0.874. The molecule has 0 bridgehead atoms. The van der Waals surface area contributed by atoms with Gasteiger partial charge in [-0.15, -0.1) is 5.10 Å². The van der Waals surface area contributed by atoms with E-state index in [9.17, 15) is 10.2 Å². The molecule has 0 radical (unpaired) electrons. The molecular weight excluding hydrogens is 310 g/mol. The Labute approximate surface area is 140 Å². The maximum atomic E-state index is 10.4. The topological polar surface area (TPSA) is 89.6 Å². The number of hydrogen-bond donors (Lipinski definition) is 2. The minimum Gasteiger partial charge on any atom is -0.487 e. The molecule has 0 aliphatic carbocycles. The van der Waals surface area contributed by atoms with Crippen LogP contribution in [0.3, 0.4) is 0 Å². The molecular formula is C17H23N3O4. The highest BCUT2D eigenvalue weighted by molar-refractivity contribution is 5.28. The first-order valence-electron chi connectivity index (χ1n) is 8.14. The summed E-state index contributed by atoms with van der Waals surface area (Å²) in [5.74, 6) is 0.702. The van der Waals surface area contributed by atoms with E-state index in [-0.39, 0.29) is 0 Å². The summed E-state index contributed by atoms with van der Waals surface area (Å²) in [6, 6.07) is 7.29. The van der Waals surface area contributed by atoms with Crippen molar-refractivity contribution in [3.8, 4) is 5.75 Å². The molecule has 1 saturated heterocycles. The van der Waals surface area contributed by atoms with Gasteiger partial charge in [0, 0.05) is 6.61 Å². The second-order valence-electron chi connectivity index (χ2n) is 6.32. The van der Waals surface area contributed by atoms with Crippen molar-refractivity contribution >= 4 is 0 Å². The summed E-state index contributed by atoms with van der Waals surface area (Å²) in [6.07, 6.45) is 2.84. The van der Waals surface area contributed by atoms with Crippen molar-refractivity contribution < 1.29 is 19.7 Å². The van der Waals surface area contributed by atoms with Crippen LogP contribution in [0.25, 0.3) is 0 Å². The van der Waals surface area contributed by atoms with Crippen LogP contribution in [0.15, 0.2) is 30.5 Å². The third-order valence-corrected chi connectivity index (χ3v) is 4.09. The van der Waals surface area contributed by atoms with Crippen molar-refractivity contribution in [1.82, 2.24) is 15.0 Å². The Morgan fingerprint density at radius 1 is 1.38 bits per heavy atom. The van der Waals surface area contributed by atoms with Crippen molar-refractivity contribution in [2.24, 2.45) is 0 Å². The number of aromatic nitrogens is 3. The quantitative estimate of drug-likeness (QED) is 0.832. The molecule has 0 spiro atoms. The van der Waals surface area contributed by atoms with Crippen LogP contribution in [0.1, 0.15) is 37.1 Å². The molecule has 1 fully saturated rings. The molecule has 130 valence electrons. The Kier molecular flexibility index (Phi) is 5.13. The van der Waals surface area contributed by atoms with Crippen LogP contribution in [0.5, 0.6) is 5.75 Å². The average molecular weight is 333 g/mol. The third kappa shape index (κ3) is 4.31. The average Bonchev–Trinajstić information content (AvgIpc) is 3.00. The summed E-state index contributed by atoms with van der Waals surface area (Å²) in [4.78, 5) is 0. The highest BCUT2D eigenvalue weighted by Crippen LogP contribution is 2.21. The van der Waals surface area contributed by atoms with Crippen LogP contribution >= 0.6 is 0 Å². The van der Waals surface area contributed by atoms with Crippen LogP contribution in [-0.2, 0) is 17.9 Å². The van der Waals surface area contributed by atoms with Crippen molar-refractivity contribution in [2.45, 2.75) is 44.6 Å². The van der Waals surface area contributed by atoms with Crippen LogP contribution in [-0.4, -0.2) is 44.0 Å². The summed E-state index contributed by atoms with van der Waals surface area (Å²) < 4.78 is 12.6. The fourth-order valence-electron chi connectivity index (χ4n) is 2.75. The van der Waals surface area contributed by atoms with Gasteiger partial charge in [-0.25, -0.2) is 4.68 Å². The Bertz CT molecular complexity index is 648. The number of aliphatic hydroxyl groups is 2. The van der Waals surface area contributed by atoms with Crippen molar-refractivity contribution in [3.63, 3.8) is 0 Å². The van der Waals surface area contributed by atoms with Gasteiger partial charge in [-0.05, 0) is 37.5 Å². The Morgan fingerprint density at radius 3 is 2.83 bits per heavy atom. The molecule has 2 heterocycles. The SMILES string of the molecule is CC(O)c1ccc(OCc2cn(CC3(O)CCCOC3)nn2)cc1. The van der Waals surface area contributed by atoms with Crippen molar-refractivity contribution in [1.29, 1.82) is 0 Å². The highest BCUT2D eigenvalue weighted by Gasteiger charge is 2.31. The number of nitrogens with zero attached hydrogens (tertiary/aromatic N) is 3. The van der Waals surface area contributed by atoms with E-state index in [4.69, 9.17) is 9.47 Å². The predicted molar refractivity (Wildman–Crippen MR) is 86.4 cm³/mol. The Balaban J connectivity index is 1.54. The van der Waals surface area contributed by atoms with E-state index in [1.54, 1.807) is 17.8 Å². The lowest BCUT2D eigenvalue weighted by Gasteiger charge is -2.31. The van der Waals surface area contributed by atoms with Gasteiger partial charge in [0.2, 0.25) is 0 Å². The Morgan fingerprint density at radius 2 is 2.17 bits per heavy atom. The highest BCUT2D eigenvalue weighted by atomic mass is 16.5. The molecule has 0 amide bonds. The molecule has 7 nitrogen and oxygen atoms in total. The van der Waals surface area contributed by atoms with Gasteiger partial charge in [0.15, 0.2) is 0 Å². The lowest BCUT2D eigenvalue weighted by atomic mass is 9.97. The molecule has 2 atom stereocenters. The van der Waals surface area contributed by atoms with E-state index in [2.05, 4.69) is 10.3 Å². The maximum absolute atomic E-state index is 10.4. The van der Waals surface area contributed by atoms with Gasteiger partial charge in [0.05, 0.1) is 25.5 Å².